The van der Waals surface area contributed by atoms with Crippen LogP contribution in [0.1, 0.15) is 194 Å². The quantitative estimate of drug-likeness (QED) is 0.0267. The standard InChI is InChI=1S/C49H86O10/c1-3-5-7-9-11-13-15-17-19-20-21-22-24-25-27-29-31-33-35-37-44(51)56-40-42(41-57-49-48(55)47(54)46(53)43(39-50)59-49)58-45(52)38-36-34-32-30-28-26-23-18-16-14-12-10-8-6-4-2/h6,8,10,12,14,16,18,23,42-43,46-50,53-55H,3-5,7,9,11,13,15,17,19-22,24-41H2,1-2H3/b8-6+,12-10+,16-14+,23-18+/t42-,43-,46+,47?,48?,49-/m0/s1. The lowest BCUT2D eigenvalue weighted by Gasteiger charge is -2.39. The van der Waals surface area contributed by atoms with Gasteiger partial charge in [-0.05, 0) is 32.1 Å². The van der Waals surface area contributed by atoms with Crippen molar-refractivity contribution in [3.63, 3.8) is 0 Å². The minimum absolute atomic E-state index is 0.204. The molecular formula is C49H86O10. The Morgan fingerprint density at radius 1 is 0.542 bits per heavy atom. The molecule has 1 aliphatic heterocycles. The first-order valence-electron chi connectivity index (χ1n) is 23.8. The van der Waals surface area contributed by atoms with Crippen LogP contribution in [0.25, 0.3) is 0 Å². The molecule has 0 radical (unpaired) electrons. The molecule has 6 atom stereocenters. The first-order valence-corrected chi connectivity index (χ1v) is 23.8. The molecule has 1 fully saturated rings. The van der Waals surface area contributed by atoms with E-state index in [4.69, 9.17) is 18.9 Å². The molecule has 1 rings (SSSR count). The van der Waals surface area contributed by atoms with E-state index < -0.39 is 49.4 Å². The van der Waals surface area contributed by atoms with Gasteiger partial charge < -0.3 is 39.4 Å². The molecule has 4 N–H and O–H groups in total. The summed E-state index contributed by atoms with van der Waals surface area (Å²) in [5, 5.41) is 40.1. The van der Waals surface area contributed by atoms with Gasteiger partial charge in [-0.2, -0.15) is 0 Å². The first-order chi connectivity index (χ1) is 28.8. The number of carbonyl (C=O) groups is 2. The Morgan fingerprint density at radius 2 is 1.00 bits per heavy atom. The average molecular weight is 835 g/mol. The summed E-state index contributed by atoms with van der Waals surface area (Å²) in [6, 6.07) is 0. The highest BCUT2D eigenvalue weighted by atomic mass is 16.7. The van der Waals surface area contributed by atoms with Crippen molar-refractivity contribution in [1.29, 1.82) is 0 Å². The summed E-state index contributed by atoms with van der Waals surface area (Å²) in [7, 11) is 0. The molecule has 0 aromatic carbocycles. The number of rotatable bonds is 39. The van der Waals surface area contributed by atoms with Gasteiger partial charge >= 0.3 is 11.9 Å². The molecular weight excluding hydrogens is 749 g/mol. The lowest BCUT2D eigenvalue weighted by molar-refractivity contribution is -0.305. The third-order valence-corrected chi connectivity index (χ3v) is 10.8. The van der Waals surface area contributed by atoms with Crippen LogP contribution in [0.3, 0.4) is 0 Å². The molecule has 0 amide bonds. The maximum atomic E-state index is 12.8. The van der Waals surface area contributed by atoms with Gasteiger partial charge in [0.2, 0.25) is 0 Å². The van der Waals surface area contributed by atoms with E-state index in [-0.39, 0.29) is 32.0 Å². The summed E-state index contributed by atoms with van der Waals surface area (Å²) in [6.45, 7) is 3.28. The number of esters is 2. The second-order valence-electron chi connectivity index (χ2n) is 16.3. The van der Waals surface area contributed by atoms with Gasteiger partial charge in [-0.1, -0.05) is 197 Å². The third-order valence-electron chi connectivity index (χ3n) is 10.8. The molecule has 59 heavy (non-hydrogen) atoms. The van der Waals surface area contributed by atoms with Gasteiger partial charge in [0.25, 0.3) is 0 Å². The Kier molecular flexibility index (Phi) is 36.9. The zero-order chi connectivity index (χ0) is 43.0. The van der Waals surface area contributed by atoms with Crippen LogP contribution >= 0.6 is 0 Å². The first kappa shape index (κ1) is 54.7. The van der Waals surface area contributed by atoms with Crippen molar-refractivity contribution in [3.8, 4) is 0 Å². The molecule has 1 heterocycles. The number of ether oxygens (including phenoxy) is 4. The summed E-state index contributed by atoms with van der Waals surface area (Å²) in [4.78, 5) is 25.4. The molecule has 0 bridgehead atoms. The summed E-state index contributed by atoms with van der Waals surface area (Å²) in [6.07, 6.45) is 39.7. The number of hydrogen-bond acceptors (Lipinski definition) is 10. The number of aliphatic hydroxyl groups excluding tert-OH is 4. The molecule has 0 spiro atoms. The molecule has 0 aromatic rings. The van der Waals surface area contributed by atoms with Gasteiger partial charge in [0.05, 0.1) is 13.2 Å². The van der Waals surface area contributed by atoms with Crippen LogP contribution in [0.15, 0.2) is 48.6 Å². The highest BCUT2D eigenvalue weighted by molar-refractivity contribution is 5.70. The normalized spacial score (nSPS) is 20.4. The number of hydrogen-bond donors (Lipinski definition) is 4. The largest absolute Gasteiger partial charge is 0.462 e. The highest BCUT2D eigenvalue weighted by Gasteiger charge is 2.44. The fourth-order valence-corrected chi connectivity index (χ4v) is 7.08. The van der Waals surface area contributed by atoms with E-state index in [0.29, 0.717) is 6.42 Å². The van der Waals surface area contributed by atoms with Crippen LogP contribution < -0.4 is 0 Å². The van der Waals surface area contributed by atoms with Gasteiger partial charge in [0.1, 0.15) is 31.0 Å². The maximum absolute atomic E-state index is 12.8. The monoisotopic (exact) mass is 835 g/mol. The van der Waals surface area contributed by atoms with Crippen LogP contribution in [0.4, 0.5) is 0 Å². The van der Waals surface area contributed by atoms with Gasteiger partial charge in [-0.15, -0.1) is 0 Å². The Balaban J connectivity index is 2.30. The Hall–Kier alpha value is -2.34. The van der Waals surface area contributed by atoms with Crippen LogP contribution in [0.5, 0.6) is 0 Å². The SMILES string of the molecule is CC/C=C/C=C/C=C/C=C/CCCCCCCC(=O)O[C@@H](COC(=O)CCCCCCCCCCCCCCCCCCCCC)CO[C@H]1O[C@@H](CO)[C@@H](O)C(O)C1O. The fourth-order valence-electron chi connectivity index (χ4n) is 7.08. The average Bonchev–Trinajstić information content (AvgIpc) is 3.23. The van der Waals surface area contributed by atoms with Crippen molar-refractivity contribution in [2.75, 3.05) is 19.8 Å². The molecule has 10 nitrogen and oxygen atoms in total. The Morgan fingerprint density at radius 3 is 1.51 bits per heavy atom. The van der Waals surface area contributed by atoms with Crippen LogP contribution in [0, 0.1) is 0 Å². The lowest BCUT2D eigenvalue weighted by atomic mass is 9.99. The van der Waals surface area contributed by atoms with Crippen molar-refractivity contribution < 1.29 is 49.0 Å². The lowest BCUT2D eigenvalue weighted by Crippen LogP contribution is -2.59. The molecule has 0 saturated carbocycles. The van der Waals surface area contributed by atoms with Gasteiger partial charge in [-0.25, -0.2) is 0 Å². The second kappa shape index (κ2) is 39.8. The Labute approximate surface area is 358 Å². The van der Waals surface area contributed by atoms with Crippen LogP contribution in [-0.4, -0.2) is 89.0 Å². The summed E-state index contributed by atoms with van der Waals surface area (Å²) in [5.74, 6) is -0.829. The van der Waals surface area contributed by atoms with Crippen LogP contribution in [-0.2, 0) is 28.5 Å². The predicted molar refractivity (Wildman–Crippen MR) is 238 cm³/mol. The number of unbranched alkanes of at least 4 members (excludes halogenated alkanes) is 23. The van der Waals surface area contributed by atoms with E-state index in [1.54, 1.807) is 0 Å². The van der Waals surface area contributed by atoms with E-state index in [1.807, 2.05) is 30.4 Å². The number of allylic oxidation sites excluding steroid dienone is 8. The zero-order valence-corrected chi connectivity index (χ0v) is 37.2. The molecule has 0 aromatic heterocycles. The van der Waals surface area contributed by atoms with E-state index in [2.05, 4.69) is 32.1 Å². The third kappa shape index (κ3) is 31.2. The highest BCUT2D eigenvalue weighted by Crippen LogP contribution is 2.23. The van der Waals surface area contributed by atoms with Crippen molar-refractivity contribution in [1.82, 2.24) is 0 Å². The van der Waals surface area contributed by atoms with E-state index in [1.165, 1.54) is 103 Å². The van der Waals surface area contributed by atoms with Gasteiger partial charge in [-0.3, -0.25) is 9.59 Å². The number of aliphatic hydroxyl groups is 4. The van der Waals surface area contributed by atoms with E-state index in [9.17, 15) is 30.0 Å². The van der Waals surface area contributed by atoms with Crippen LogP contribution in [0.2, 0.25) is 0 Å². The zero-order valence-electron chi connectivity index (χ0n) is 37.2. The van der Waals surface area contributed by atoms with Crippen molar-refractivity contribution in [2.24, 2.45) is 0 Å². The van der Waals surface area contributed by atoms with Gasteiger partial charge in [0.15, 0.2) is 12.4 Å². The van der Waals surface area contributed by atoms with Crippen molar-refractivity contribution >= 4 is 11.9 Å². The summed E-state index contributed by atoms with van der Waals surface area (Å²) < 4.78 is 22.2. The number of carbonyl (C=O) groups excluding carboxylic acids is 2. The molecule has 2 unspecified atom stereocenters. The van der Waals surface area contributed by atoms with Gasteiger partial charge in [0, 0.05) is 12.8 Å². The minimum atomic E-state index is -1.60. The minimum Gasteiger partial charge on any atom is -0.462 e. The summed E-state index contributed by atoms with van der Waals surface area (Å²) in [5.41, 5.74) is 0. The molecule has 1 saturated heterocycles. The van der Waals surface area contributed by atoms with Crippen molar-refractivity contribution in [3.05, 3.63) is 48.6 Å². The van der Waals surface area contributed by atoms with E-state index >= 15 is 0 Å². The topological polar surface area (TPSA) is 152 Å². The molecule has 1 aliphatic rings. The second-order valence-corrected chi connectivity index (χ2v) is 16.3. The fraction of sp³-hybridized carbons (Fsp3) is 0.796. The molecule has 10 heteroatoms. The molecule has 0 aliphatic carbocycles. The smallest absolute Gasteiger partial charge is 0.306 e. The predicted octanol–water partition coefficient (Wildman–Crippen LogP) is 10.4. The maximum Gasteiger partial charge on any atom is 0.306 e. The van der Waals surface area contributed by atoms with E-state index in [0.717, 1.165) is 57.8 Å². The van der Waals surface area contributed by atoms with Crippen molar-refractivity contribution in [2.45, 2.75) is 230 Å². The Bertz CT molecular complexity index is 1100. The molecule has 342 valence electrons. The summed E-state index contributed by atoms with van der Waals surface area (Å²) >= 11 is 0.